The van der Waals surface area contributed by atoms with Crippen molar-refractivity contribution < 1.29 is 9.53 Å². The molecule has 8 rings (SSSR count). The Morgan fingerprint density at radius 2 is 1.00 bits per heavy atom. The predicted octanol–water partition coefficient (Wildman–Crippen LogP) is 6.79. The average molecular weight is 453 g/mol. The molecule has 0 aromatic heterocycles. The number of hydrogen-bond acceptors (Lipinski definition) is 2. The molecule has 0 aromatic rings. The zero-order chi connectivity index (χ0) is 22.9. The molecule has 0 radical (unpaired) electrons. The highest BCUT2D eigenvalue weighted by Gasteiger charge is 2.67. The maximum atomic E-state index is 11.9. The molecule has 18 atom stereocenters. The SMILES string of the molecule is CC1CC2CC1C1C3CC(C(C)C3C)C21.COC(=O)C1CC2CC1C1C3CC(C(C)C3C)C21. The highest BCUT2D eigenvalue weighted by atomic mass is 16.5. The van der Waals surface area contributed by atoms with Crippen LogP contribution in [-0.2, 0) is 9.53 Å². The number of fused-ring (bicyclic) bond motifs is 18. The number of ether oxygens (including phenoxy) is 1. The van der Waals surface area contributed by atoms with Gasteiger partial charge >= 0.3 is 5.97 Å². The molecule has 8 aliphatic rings. The third-order valence-electron chi connectivity index (χ3n) is 14.5. The summed E-state index contributed by atoms with van der Waals surface area (Å²) in [5.74, 6) is 17.4. The maximum Gasteiger partial charge on any atom is 0.308 e. The van der Waals surface area contributed by atoms with E-state index in [0.29, 0.717) is 5.92 Å². The van der Waals surface area contributed by atoms with Crippen molar-refractivity contribution in [1.29, 1.82) is 0 Å². The molecule has 8 saturated carbocycles. The molecule has 8 aliphatic carbocycles. The molecular formula is C31H48O2. The summed E-state index contributed by atoms with van der Waals surface area (Å²) < 4.78 is 5.02. The second-order valence-corrected chi connectivity index (χ2v) is 14.8. The van der Waals surface area contributed by atoms with Gasteiger partial charge in [-0.2, -0.15) is 0 Å². The van der Waals surface area contributed by atoms with E-state index >= 15 is 0 Å². The molecule has 0 N–H and O–H groups in total. The first-order chi connectivity index (χ1) is 15.8. The van der Waals surface area contributed by atoms with Gasteiger partial charge in [-0.1, -0.05) is 34.6 Å². The molecule has 0 aliphatic heterocycles. The van der Waals surface area contributed by atoms with Gasteiger partial charge < -0.3 is 4.74 Å². The molecule has 0 aromatic carbocycles. The van der Waals surface area contributed by atoms with Crippen LogP contribution >= 0.6 is 0 Å². The van der Waals surface area contributed by atoms with Gasteiger partial charge in [0.2, 0.25) is 0 Å². The summed E-state index contributed by atoms with van der Waals surface area (Å²) in [4.78, 5) is 11.9. The summed E-state index contributed by atoms with van der Waals surface area (Å²) in [6, 6.07) is 0. The standard InChI is InChI=1S/C16H24O2.C15H24/c1-7-8(2)11-6-10(7)14-9-4-12(15(11)14)13(5-9)16(17)18-3;1-7-4-10-5-11(7)15-13-6-12(14(10)15)8(2)9(13)3/h7-15H,4-6H2,1-3H3;7-15H,4-6H2,1-3H3. The second-order valence-electron chi connectivity index (χ2n) is 14.8. The van der Waals surface area contributed by atoms with E-state index in [9.17, 15) is 4.79 Å². The third kappa shape index (κ3) is 2.65. The van der Waals surface area contributed by atoms with E-state index in [4.69, 9.17) is 4.74 Å². The van der Waals surface area contributed by atoms with Gasteiger partial charge in [0, 0.05) is 0 Å². The van der Waals surface area contributed by atoms with Crippen LogP contribution in [0.3, 0.4) is 0 Å². The molecule has 18 unspecified atom stereocenters. The van der Waals surface area contributed by atoms with E-state index in [2.05, 4.69) is 34.6 Å². The Labute approximate surface area is 202 Å². The lowest BCUT2D eigenvalue weighted by Gasteiger charge is -2.43. The lowest BCUT2D eigenvalue weighted by Crippen LogP contribution is -2.40. The Hall–Kier alpha value is -0.530. The number of rotatable bonds is 1. The van der Waals surface area contributed by atoms with Crippen molar-refractivity contribution in [1.82, 2.24) is 0 Å². The van der Waals surface area contributed by atoms with E-state index in [0.717, 1.165) is 89.3 Å². The van der Waals surface area contributed by atoms with Crippen LogP contribution in [0.15, 0.2) is 0 Å². The molecule has 0 spiro atoms. The number of carbonyl (C=O) groups is 1. The zero-order valence-corrected chi connectivity index (χ0v) is 22.0. The van der Waals surface area contributed by atoms with Crippen LogP contribution in [0.1, 0.15) is 73.1 Å². The van der Waals surface area contributed by atoms with Gasteiger partial charge in [-0.3, -0.25) is 4.79 Å². The lowest BCUT2D eigenvalue weighted by atomic mass is 9.62. The van der Waals surface area contributed by atoms with Crippen molar-refractivity contribution in [3.63, 3.8) is 0 Å². The molecule has 0 amide bonds. The fourth-order valence-electron chi connectivity index (χ4n) is 13.2. The van der Waals surface area contributed by atoms with Crippen LogP contribution in [0.2, 0.25) is 0 Å². The van der Waals surface area contributed by atoms with Gasteiger partial charge in [0.15, 0.2) is 0 Å². The lowest BCUT2D eigenvalue weighted by molar-refractivity contribution is -0.149. The smallest absolute Gasteiger partial charge is 0.308 e. The van der Waals surface area contributed by atoms with Crippen molar-refractivity contribution in [3.05, 3.63) is 0 Å². The van der Waals surface area contributed by atoms with Crippen molar-refractivity contribution >= 4 is 5.97 Å². The summed E-state index contributed by atoms with van der Waals surface area (Å²) in [7, 11) is 1.55. The molecule has 33 heavy (non-hydrogen) atoms. The highest BCUT2D eigenvalue weighted by molar-refractivity contribution is 5.73. The van der Waals surface area contributed by atoms with E-state index in [1.807, 2.05) is 0 Å². The van der Waals surface area contributed by atoms with Crippen LogP contribution in [0, 0.1) is 107 Å². The van der Waals surface area contributed by atoms with Crippen molar-refractivity contribution in [2.45, 2.75) is 73.1 Å². The second kappa shape index (κ2) is 7.25. The number of methoxy groups -OCH3 is 1. The summed E-state index contributed by atoms with van der Waals surface area (Å²) in [5, 5.41) is 0. The van der Waals surface area contributed by atoms with Crippen molar-refractivity contribution in [2.75, 3.05) is 7.11 Å². The minimum Gasteiger partial charge on any atom is -0.469 e. The molecule has 2 nitrogen and oxygen atoms in total. The fraction of sp³-hybridized carbons (Fsp3) is 0.968. The fourth-order valence-corrected chi connectivity index (χ4v) is 13.2. The highest BCUT2D eigenvalue weighted by Crippen LogP contribution is 2.72. The van der Waals surface area contributed by atoms with Crippen molar-refractivity contribution in [2.24, 2.45) is 107 Å². The predicted molar refractivity (Wildman–Crippen MR) is 131 cm³/mol. The summed E-state index contributed by atoms with van der Waals surface area (Å²) in [6.07, 6.45) is 8.71. The van der Waals surface area contributed by atoms with E-state index in [-0.39, 0.29) is 11.9 Å². The van der Waals surface area contributed by atoms with Crippen LogP contribution in [0.25, 0.3) is 0 Å². The maximum absolute atomic E-state index is 11.9. The van der Waals surface area contributed by atoms with Gasteiger partial charge in [-0.05, 0) is 139 Å². The molecule has 8 fully saturated rings. The normalized spacial score (nSPS) is 64.7. The molecule has 0 saturated heterocycles. The minimum atomic E-state index is 0.0735. The van der Waals surface area contributed by atoms with E-state index in [1.165, 1.54) is 24.7 Å². The first-order valence-corrected chi connectivity index (χ1v) is 14.9. The quantitative estimate of drug-likeness (QED) is 0.323. The molecule has 0 heterocycles. The molecular weight excluding hydrogens is 404 g/mol. The van der Waals surface area contributed by atoms with E-state index in [1.54, 1.807) is 26.4 Å². The van der Waals surface area contributed by atoms with Crippen LogP contribution in [0.5, 0.6) is 0 Å². The van der Waals surface area contributed by atoms with Crippen LogP contribution in [-0.4, -0.2) is 13.1 Å². The van der Waals surface area contributed by atoms with Gasteiger partial charge in [0.05, 0.1) is 13.0 Å². The Kier molecular flexibility index (Phi) is 4.78. The van der Waals surface area contributed by atoms with Crippen molar-refractivity contribution in [3.8, 4) is 0 Å². The molecule has 8 bridgehead atoms. The Morgan fingerprint density at radius 3 is 1.55 bits per heavy atom. The first kappa shape index (κ1) is 21.7. The minimum absolute atomic E-state index is 0.0735. The number of esters is 1. The summed E-state index contributed by atoms with van der Waals surface area (Å²) >= 11 is 0. The summed E-state index contributed by atoms with van der Waals surface area (Å²) in [5.41, 5.74) is 0. The topological polar surface area (TPSA) is 26.3 Å². The summed E-state index contributed by atoms with van der Waals surface area (Å²) in [6.45, 7) is 12.5. The molecule has 2 heteroatoms. The van der Waals surface area contributed by atoms with Crippen LogP contribution in [0.4, 0.5) is 0 Å². The monoisotopic (exact) mass is 452 g/mol. The third-order valence-corrected chi connectivity index (χ3v) is 14.5. The average Bonchev–Trinajstić information content (AvgIpc) is 3.63. The van der Waals surface area contributed by atoms with Gasteiger partial charge in [0.1, 0.15) is 0 Å². The van der Waals surface area contributed by atoms with Gasteiger partial charge in [-0.15, -0.1) is 0 Å². The first-order valence-electron chi connectivity index (χ1n) is 14.9. The number of hydrogen-bond donors (Lipinski definition) is 0. The Balaban J connectivity index is 0.000000117. The Morgan fingerprint density at radius 1 is 0.545 bits per heavy atom. The van der Waals surface area contributed by atoms with Crippen LogP contribution < -0.4 is 0 Å². The largest absolute Gasteiger partial charge is 0.469 e. The number of carbonyl (C=O) groups excluding carboxylic acids is 1. The molecule has 184 valence electrons. The van der Waals surface area contributed by atoms with Gasteiger partial charge in [-0.25, -0.2) is 0 Å². The zero-order valence-electron chi connectivity index (χ0n) is 22.0. The Bertz CT molecular complexity index is 820. The van der Waals surface area contributed by atoms with Gasteiger partial charge in [0.25, 0.3) is 0 Å². The van der Waals surface area contributed by atoms with E-state index < -0.39 is 0 Å².